The molecule has 0 aromatic heterocycles. The van der Waals surface area contributed by atoms with Gasteiger partial charge in [0.2, 0.25) is 0 Å². The predicted molar refractivity (Wildman–Crippen MR) is 111 cm³/mol. The summed E-state index contributed by atoms with van der Waals surface area (Å²) < 4.78 is 28.4. The quantitative estimate of drug-likeness (QED) is 0.697. The van der Waals surface area contributed by atoms with Crippen molar-refractivity contribution in [3.8, 4) is 0 Å². The first-order chi connectivity index (χ1) is 12.4. The highest BCUT2D eigenvalue weighted by atomic mass is 79.9. The smallest absolute Gasteiger partial charge is 0.261 e. The fourth-order valence-electron chi connectivity index (χ4n) is 2.92. The number of nitrogens with one attached hydrogen (secondary N) is 2. The standard InChI is InChI=1S/C18H21BrClN3O2S/c1-23-11-9-13(10-12-23)21-18-15(20)7-8-16(17(18)19)22-26(24,25)14-5-3-2-4-6-14/h2-8,13,21-22H,9-12H2,1H3. The van der Waals surface area contributed by atoms with Crippen molar-refractivity contribution in [1.29, 1.82) is 0 Å². The van der Waals surface area contributed by atoms with Gasteiger partial charge in [-0.1, -0.05) is 29.8 Å². The molecule has 0 radical (unpaired) electrons. The van der Waals surface area contributed by atoms with E-state index in [-0.39, 0.29) is 4.90 Å². The molecule has 0 saturated carbocycles. The minimum Gasteiger partial charge on any atom is -0.380 e. The van der Waals surface area contributed by atoms with E-state index in [9.17, 15) is 8.42 Å². The van der Waals surface area contributed by atoms with Gasteiger partial charge in [-0.15, -0.1) is 0 Å². The molecular weight excluding hydrogens is 438 g/mol. The number of benzene rings is 2. The van der Waals surface area contributed by atoms with Crippen LogP contribution in [0.2, 0.25) is 5.02 Å². The summed E-state index contributed by atoms with van der Waals surface area (Å²) in [7, 11) is -1.55. The molecule has 3 rings (SSSR count). The molecule has 26 heavy (non-hydrogen) atoms. The van der Waals surface area contributed by atoms with Crippen molar-refractivity contribution in [2.75, 3.05) is 30.2 Å². The highest BCUT2D eigenvalue weighted by molar-refractivity contribution is 9.10. The maximum Gasteiger partial charge on any atom is 0.261 e. The van der Waals surface area contributed by atoms with Crippen LogP contribution in [0.1, 0.15) is 12.8 Å². The Kier molecular flexibility index (Phi) is 6.12. The average Bonchev–Trinajstić information content (AvgIpc) is 2.63. The largest absolute Gasteiger partial charge is 0.380 e. The van der Waals surface area contributed by atoms with Gasteiger partial charge in [-0.05, 0) is 73.2 Å². The van der Waals surface area contributed by atoms with E-state index in [1.54, 1.807) is 42.5 Å². The molecule has 0 amide bonds. The van der Waals surface area contributed by atoms with Gasteiger partial charge >= 0.3 is 0 Å². The maximum atomic E-state index is 12.6. The first-order valence-electron chi connectivity index (χ1n) is 8.38. The lowest BCUT2D eigenvalue weighted by Crippen LogP contribution is -2.36. The van der Waals surface area contributed by atoms with Crippen LogP contribution in [0.4, 0.5) is 11.4 Å². The maximum absolute atomic E-state index is 12.6. The lowest BCUT2D eigenvalue weighted by Gasteiger charge is -2.31. The topological polar surface area (TPSA) is 61.4 Å². The van der Waals surface area contributed by atoms with Crippen LogP contribution in [-0.2, 0) is 10.0 Å². The van der Waals surface area contributed by atoms with E-state index in [0.29, 0.717) is 21.2 Å². The van der Waals surface area contributed by atoms with E-state index in [4.69, 9.17) is 11.6 Å². The molecule has 2 aromatic carbocycles. The zero-order valence-corrected chi connectivity index (χ0v) is 17.5. The van der Waals surface area contributed by atoms with Crippen LogP contribution >= 0.6 is 27.5 Å². The first-order valence-corrected chi connectivity index (χ1v) is 11.0. The highest BCUT2D eigenvalue weighted by Crippen LogP contribution is 2.38. The molecule has 0 aliphatic carbocycles. The van der Waals surface area contributed by atoms with Crippen molar-refractivity contribution in [2.45, 2.75) is 23.8 Å². The molecule has 1 fully saturated rings. The van der Waals surface area contributed by atoms with E-state index < -0.39 is 10.0 Å². The van der Waals surface area contributed by atoms with Crippen molar-refractivity contribution < 1.29 is 8.42 Å². The van der Waals surface area contributed by atoms with Gasteiger partial charge in [0.05, 0.1) is 25.8 Å². The summed E-state index contributed by atoms with van der Waals surface area (Å²) in [5, 5.41) is 4.02. The first kappa shape index (κ1) is 19.5. The van der Waals surface area contributed by atoms with Crippen LogP contribution in [0, 0.1) is 0 Å². The Labute approximate surface area is 167 Å². The SMILES string of the molecule is CN1CCC(Nc2c(Cl)ccc(NS(=O)(=O)c3ccccc3)c2Br)CC1. The molecule has 8 heteroatoms. The van der Waals surface area contributed by atoms with Gasteiger partial charge in [-0.2, -0.15) is 0 Å². The number of piperidine rings is 1. The lowest BCUT2D eigenvalue weighted by molar-refractivity contribution is 0.264. The molecule has 0 atom stereocenters. The number of sulfonamides is 1. The second-order valence-electron chi connectivity index (χ2n) is 6.42. The number of rotatable bonds is 5. The summed E-state index contributed by atoms with van der Waals surface area (Å²) in [6, 6.07) is 12.0. The highest BCUT2D eigenvalue weighted by Gasteiger charge is 2.21. The van der Waals surface area contributed by atoms with Gasteiger partial charge in [0, 0.05) is 6.04 Å². The molecule has 1 saturated heterocycles. The van der Waals surface area contributed by atoms with Crippen molar-refractivity contribution in [3.05, 3.63) is 52.0 Å². The molecule has 1 aliphatic heterocycles. The van der Waals surface area contributed by atoms with Crippen LogP contribution in [0.3, 0.4) is 0 Å². The van der Waals surface area contributed by atoms with Crippen LogP contribution in [0.25, 0.3) is 0 Å². The molecule has 1 heterocycles. The van der Waals surface area contributed by atoms with Crippen molar-refractivity contribution in [3.63, 3.8) is 0 Å². The number of likely N-dealkylation sites (tertiary alicyclic amines) is 1. The van der Waals surface area contributed by atoms with E-state index in [0.717, 1.165) is 31.6 Å². The Balaban J connectivity index is 1.83. The van der Waals surface area contributed by atoms with E-state index in [1.807, 2.05) is 0 Å². The van der Waals surface area contributed by atoms with E-state index >= 15 is 0 Å². The van der Waals surface area contributed by atoms with Gasteiger partial charge in [-0.3, -0.25) is 4.72 Å². The molecule has 2 aromatic rings. The van der Waals surface area contributed by atoms with Crippen LogP contribution in [0.15, 0.2) is 51.8 Å². The molecule has 140 valence electrons. The van der Waals surface area contributed by atoms with Crippen molar-refractivity contribution >= 4 is 48.9 Å². The monoisotopic (exact) mass is 457 g/mol. The third kappa shape index (κ3) is 4.52. The van der Waals surface area contributed by atoms with Crippen molar-refractivity contribution in [1.82, 2.24) is 4.90 Å². The Morgan fingerprint density at radius 2 is 1.77 bits per heavy atom. The summed E-state index contributed by atoms with van der Waals surface area (Å²) in [5.41, 5.74) is 1.17. The summed E-state index contributed by atoms with van der Waals surface area (Å²) in [5.74, 6) is 0. The second-order valence-corrected chi connectivity index (χ2v) is 9.31. The summed E-state index contributed by atoms with van der Waals surface area (Å²) in [6.07, 6.45) is 2.03. The lowest BCUT2D eigenvalue weighted by atomic mass is 10.1. The third-order valence-corrected chi connectivity index (χ3v) is 6.98. The molecular formula is C18H21BrClN3O2S. The summed E-state index contributed by atoms with van der Waals surface area (Å²) >= 11 is 9.87. The summed E-state index contributed by atoms with van der Waals surface area (Å²) in [4.78, 5) is 2.51. The third-order valence-electron chi connectivity index (χ3n) is 4.46. The zero-order valence-electron chi connectivity index (χ0n) is 14.4. The second kappa shape index (κ2) is 8.17. The van der Waals surface area contributed by atoms with Crippen LogP contribution in [0.5, 0.6) is 0 Å². The van der Waals surface area contributed by atoms with Crippen LogP contribution < -0.4 is 10.0 Å². The van der Waals surface area contributed by atoms with E-state index in [2.05, 4.69) is 37.9 Å². The number of hydrogen-bond acceptors (Lipinski definition) is 4. The van der Waals surface area contributed by atoms with Gasteiger partial charge in [0.1, 0.15) is 0 Å². The summed E-state index contributed by atoms with van der Waals surface area (Å²) in [6.45, 7) is 2.04. The fourth-order valence-corrected chi connectivity index (χ4v) is 5.03. The Hall–Kier alpha value is -1.28. The Bertz CT molecular complexity index is 870. The molecule has 2 N–H and O–H groups in total. The Morgan fingerprint density at radius 3 is 2.42 bits per heavy atom. The van der Waals surface area contributed by atoms with Crippen LogP contribution in [-0.4, -0.2) is 39.5 Å². The number of halogens is 2. The van der Waals surface area contributed by atoms with Gasteiger partial charge in [-0.25, -0.2) is 8.42 Å². The molecule has 0 unspecified atom stereocenters. The molecule has 5 nitrogen and oxygen atoms in total. The van der Waals surface area contributed by atoms with E-state index in [1.165, 1.54) is 0 Å². The normalized spacial score (nSPS) is 16.4. The number of hydrogen-bond donors (Lipinski definition) is 2. The van der Waals surface area contributed by atoms with Gasteiger partial charge in [0.25, 0.3) is 10.0 Å². The molecule has 0 spiro atoms. The minimum atomic E-state index is -3.66. The molecule has 1 aliphatic rings. The van der Waals surface area contributed by atoms with Crippen molar-refractivity contribution in [2.24, 2.45) is 0 Å². The zero-order chi connectivity index (χ0) is 18.7. The number of anilines is 2. The van der Waals surface area contributed by atoms with Gasteiger partial charge < -0.3 is 10.2 Å². The van der Waals surface area contributed by atoms with Gasteiger partial charge in [0.15, 0.2) is 0 Å². The number of nitrogens with zero attached hydrogens (tertiary/aromatic N) is 1. The predicted octanol–water partition coefficient (Wildman–Crippen LogP) is 4.41. The average molecular weight is 459 g/mol. The molecule has 0 bridgehead atoms. The minimum absolute atomic E-state index is 0.215. The fraction of sp³-hybridized carbons (Fsp3) is 0.333. The Morgan fingerprint density at radius 1 is 1.12 bits per heavy atom.